The predicted octanol–water partition coefficient (Wildman–Crippen LogP) is 3.25. The molecule has 2 aromatic heterocycles. The zero-order valence-electron chi connectivity index (χ0n) is 15.1. The number of imidazole rings is 1. The number of pyridine rings is 1. The number of amides is 1. The minimum atomic E-state index is -0.328. The first-order valence-corrected chi connectivity index (χ1v) is 9.23. The van der Waals surface area contributed by atoms with Crippen LogP contribution < -0.4 is 5.56 Å². The van der Waals surface area contributed by atoms with Crippen LogP contribution in [0.15, 0.2) is 41.3 Å². The van der Waals surface area contributed by atoms with E-state index < -0.39 is 0 Å². The van der Waals surface area contributed by atoms with Gasteiger partial charge in [0.2, 0.25) is 0 Å². The molecule has 0 radical (unpaired) electrons. The van der Waals surface area contributed by atoms with Gasteiger partial charge in [-0.25, -0.2) is 9.37 Å². The molecule has 1 saturated heterocycles. The van der Waals surface area contributed by atoms with Crippen molar-refractivity contribution in [2.24, 2.45) is 0 Å². The molecule has 1 N–H and O–H groups in total. The smallest absolute Gasteiger partial charge is 0.254 e. The lowest BCUT2D eigenvalue weighted by Crippen LogP contribution is -2.39. The van der Waals surface area contributed by atoms with Crippen LogP contribution in [0.4, 0.5) is 4.39 Å². The molecule has 0 saturated carbocycles. The monoisotopic (exact) mass is 368 g/mol. The fraction of sp³-hybridized carbons (Fsp3) is 0.350. The van der Waals surface area contributed by atoms with E-state index in [4.69, 9.17) is 0 Å². The van der Waals surface area contributed by atoms with Gasteiger partial charge in [-0.3, -0.25) is 9.59 Å². The summed E-state index contributed by atoms with van der Waals surface area (Å²) in [7, 11) is 0. The van der Waals surface area contributed by atoms with E-state index in [2.05, 4.69) is 9.97 Å². The van der Waals surface area contributed by atoms with E-state index in [1.165, 1.54) is 18.2 Å². The Labute approximate surface area is 155 Å². The van der Waals surface area contributed by atoms with Crippen molar-refractivity contribution in [1.29, 1.82) is 0 Å². The molecule has 1 amide bonds. The number of H-pyrrole nitrogens is 1. The van der Waals surface area contributed by atoms with E-state index in [0.29, 0.717) is 35.5 Å². The Bertz CT molecular complexity index is 1060. The summed E-state index contributed by atoms with van der Waals surface area (Å²) in [5, 5.41) is 0. The second-order valence-electron chi connectivity index (χ2n) is 6.83. The molecule has 6 nitrogen and oxygen atoms in total. The van der Waals surface area contributed by atoms with Crippen LogP contribution in [-0.2, 0) is 6.54 Å². The summed E-state index contributed by atoms with van der Waals surface area (Å²) < 4.78 is 15.0. The summed E-state index contributed by atoms with van der Waals surface area (Å²) in [5.41, 5.74) is 1.50. The SMILES string of the molecule is CCn1ccc(C(=O)N2CCCC[C@H]2c2nc3ccc(F)cc3[nH]2)cc1=O. The van der Waals surface area contributed by atoms with Crippen LogP contribution in [0.2, 0.25) is 0 Å². The van der Waals surface area contributed by atoms with Crippen molar-refractivity contribution in [3.63, 3.8) is 0 Å². The molecule has 1 aliphatic rings. The summed E-state index contributed by atoms with van der Waals surface area (Å²) in [5.74, 6) is 0.156. The zero-order chi connectivity index (χ0) is 19.0. The second-order valence-corrected chi connectivity index (χ2v) is 6.83. The summed E-state index contributed by atoms with van der Waals surface area (Å²) in [6, 6.07) is 7.28. The number of aromatic amines is 1. The number of piperidine rings is 1. The van der Waals surface area contributed by atoms with E-state index >= 15 is 0 Å². The van der Waals surface area contributed by atoms with Crippen molar-refractivity contribution >= 4 is 16.9 Å². The fourth-order valence-corrected chi connectivity index (χ4v) is 3.69. The summed E-state index contributed by atoms with van der Waals surface area (Å²) >= 11 is 0. The molecular weight excluding hydrogens is 347 g/mol. The first kappa shape index (κ1) is 17.5. The minimum absolute atomic E-state index is 0.174. The molecule has 1 aliphatic heterocycles. The first-order chi connectivity index (χ1) is 13.1. The Morgan fingerprint density at radius 2 is 2.15 bits per heavy atom. The molecule has 140 valence electrons. The van der Waals surface area contributed by atoms with Gasteiger partial charge in [0.05, 0.1) is 17.1 Å². The largest absolute Gasteiger partial charge is 0.340 e. The average molecular weight is 368 g/mol. The zero-order valence-corrected chi connectivity index (χ0v) is 15.1. The Morgan fingerprint density at radius 3 is 2.93 bits per heavy atom. The van der Waals surface area contributed by atoms with Gasteiger partial charge in [-0.05, 0) is 50.5 Å². The molecule has 0 bridgehead atoms. The van der Waals surface area contributed by atoms with E-state index in [-0.39, 0.29) is 23.3 Å². The predicted molar refractivity (Wildman–Crippen MR) is 100 cm³/mol. The van der Waals surface area contributed by atoms with Crippen LogP contribution in [0.25, 0.3) is 11.0 Å². The fourth-order valence-electron chi connectivity index (χ4n) is 3.69. The Kier molecular flexibility index (Phi) is 4.51. The van der Waals surface area contributed by atoms with E-state index in [1.807, 2.05) is 6.92 Å². The van der Waals surface area contributed by atoms with Gasteiger partial charge >= 0.3 is 0 Å². The van der Waals surface area contributed by atoms with Gasteiger partial charge in [-0.1, -0.05) is 0 Å². The Morgan fingerprint density at radius 1 is 1.30 bits per heavy atom. The topological polar surface area (TPSA) is 71.0 Å². The van der Waals surface area contributed by atoms with Crippen molar-refractivity contribution in [1.82, 2.24) is 19.4 Å². The third-order valence-corrected chi connectivity index (χ3v) is 5.13. The van der Waals surface area contributed by atoms with Crippen LogP contribution in [0.1, 0.15) is 48.4 Å². The summed E-state index contributed by atoms with van der Waals surface area (Å²) in [6.45, 7) is 3.05. The van der Waals surface area contributed by atoms with Gasteiger partial charge in [0.1, 0.15) is 11.6 Å². The van der Waals surface area contributed by atoms with Gasteiger partial charge < -0.3 is 14.5 Å². The number of carbonyl (C=O) groups excluding carboxylic acids is 1. The standard InChI is InChI=1S/C20H21FN4O2/c1-2-24-10-8-13(11-18(24)26)20(27)25-9-4-3-5-17(25)19-22-15-7-6-14(21)12-16(15)23-19/h6-8,10-12,17H,2-5,9H2,1H3,(H,22,23)/t17-/m0/s1. The van der Waals surface area contributed by atoms with Crippen molar-refractivity contribution in [2.45, 2.75) is 38.8 Å². The number of aromatic nitrogens is 3. The highest BCUT2D eigenvalue weighted by Crippen LogP contribution is 2.31. The normalized spacial score (nSPS) is 17.4. The molecule has 3 aromatic rings. The molecule has 27 heavy (non-hydrogen) atoms. The quantitative estimate of drug-likeness (QED) is 0.771. The highest BCUT2D eigenvalue weighted by molar-refractivity contribution is 5.94. The van der Waals surface area contributed by atoms with Gasteiger partial charge in [0, 0.05) is 30.9 Å². The lowest BCUT2D eigenvalue weighted by molar-refractivity contribution is 0.0601. The molecule has 3 heterocycles. The maximum atomic E-state index is 13.5. The first-order valence-electron chi connectivity index (χ1n) is 9.23. The van der Waals surface area contributed by atoms with Crippen molar-refractivity contribution < 1.29 is 9.18 Å². The number of hydrogen-bond acceptors (Lipinski definition) is 3. The number of aryl methyl sites for hydroxylation is 1. The Hall–Kier alpha value is -2.96. The number of carbonyl (C=O) groups is 1. The van der Waals surface area contributed by atoms with E-state index in [0.717, 1.165) is 19.3 Å². The maximum Gasteiger partial charge on any atom is 0.254 e. The highest BCUT2D eigenvalue weighted by atomic mass is 19.1. The van der Waals surface area contributed by atoms with E-state index in [9.17, 15) is 14.0 Å². The lowest BCUT2D eigenvalue weighted by Gasteiger charge is -2.34. The molecule has 4 rings (SSSR count). The lowest BCUT2D eigenvalue weighted by atomic mass is 10.0. The van der Waals surface area contributed by atoms with Crippen LogP contribution >= 0.6 is 0 Å². The molecule has 7 heteroatoms. The molecule has 0 unspecified atom stereocenters. The number of halogens is 1. The van der Waals surface area contributed by atoms with Crippen molar-refractivity contribution in [3.8, 4) is 0 Å². The molecule has 1 atom stereocenters. The van der Waals surface area contributed by atoms with Gasteiger partial charge in [-0.2, -0.15) is 0 Å². The van der Waals surface area contributed by atoms with Crippen LogP contribution in [0, 0.1) is 5.82 Å². The van der Waals surface area contributed by atoms with Crippen LogP contribution in [0.3, 0.4) is 0 Å². The number of rotatable bonds is 3. The Balaban J connectivity index is 1.68. The van der Waals surface area contributed by atoms with Crippen molar-refractivity contribution in [2.75, 3.05) is 6.54 Å². The molecule has 0 spiro atoms. The number of hydrogen-bond donors (Lipinski definition) is 1. The van der Waals surface area contributed by atoms with Crippen LogP contribution in [-0.4, -0.2) is 31.9 Å². The number of nitrogens with one attached hydrogen (secondary N) is 1. The van der Waals surface area contributed by atoms with Gasteiger partial charge in [-0.15, -0.1) is 0 Å². The second kappa shape index (κ2) is 6.98. The third kappa shape index (κ3) is 3.25. The van der Waals surface area contributed by atoms with E-state index in [1.54, 1.807) is 27.8 Å². The number of benzene rings is 1. The molecule has 0 aliphatic carbocycles. The minimum Gasteiger partial charge on any atom is -0.340 e. The summed E-state index contributed by atoms with van der Waals surface area (Å²) in [6.07, 6.45) is 4.32. The maximum absolute atomic E-state index is 13.5. The average Bonchev–Trinajstić information content (AvgIpc) is 3.10. The molecule has 1 fully saturated rings. The van der Waals surface area contributed by atoms with Crippen LogP contribution in [0.5, 0.6) is 0 Å². The highest BCUT2D eigenvalue weighted by Gasteiger charge is 2.31. The number of fused-ring (bicyclic) bond motifs is 1. The summed E-state index contributed by atoms with van der Waals surface area (Å²) in [4.78, 5) is 34.7. The molecule has 1 aromatic carbocycles. The number of likely N-dealkylation sites (tertiary alicyclic amines) is 1. The molecular formula is C20H21FN4O2. The number of nitrogens with zero attached hydrogens (tertiary/aromatic N) is 3. The van der Waals surface area contributed by atoms with Crippen molar-refractivity contribution in [3.05, 3.63) is 64.1 Å². The van der Waals surface area contributed by atoms with Gasteiger partial charge in [0.25, 0.3) is 11.5 Å². The third-order valence-electron chi connectivity index (χ3n) is 5.13. The van der Waals surface area contributed by atoms with Gasteiger partial charge in [0.15, 0.2) is 0 Å².